The van der Waals surface area contributed by atoms with Crippen LogP contribution in [-0.2, 0) is 4.79 Å². The second-order valence-corrected chi connectivity index (χ2v) is 5.26. The monoisotopic (exact) mass is 232 g/mol. The Labute approximate surface area is 103 Å². The topological polar surface area (TPSA) is 32.3 Å². The Morgan fingerprint density at radius 3 is 2.82 bits per heavy atom. The Bertz CT molecular complexity index is 426. The van der Waals surface area contributed by atoms with Crippen molar-refractivity contribution in [2.45, 2.75) is 39.2 Å². The van der Waals surface area contributed by atoms with Gasteiger partial charge in [0, 0.05) is 18.5 Å². The molecule has 92 valence electrons. The van der Waals surface area contributed by atoms with E-state index in [0.29, 0.717) is 6.42 Å². The summed E-state index contributed by atoms with van der Waals surface area (Å²) in [6.07, 6.45) is 1.51. The molecule has 0 aromatic heterocycles. The van der Waals surface area contributed by atoms with E-state index in [4.69, 9.17) is 0 Å². The van der Waals surface area contributed by atoms with Crippen LogP contribution in [0.15, 0.2) is 24.3 Å². The zero-order chi connectivity index (χ0) is 12.5. The van der Waals surface area contributed by atoms with Gasteiger partial charge in [0.05, 0.1) is 11.4 Å². The first-order chi connectivity index (χ1) is 8.03. The van der Waals surface area contributed by atoms with Gasteiger partial charge >= 0.3 is 0 Å². The third kappa shape index (κ3) is 2.43. The molecule has 2 rings (SSSR count). The second-order valence-electron chi connectivity index (χ2n) is 5.26. The van der Waals surface area contributed by atoms with Crippen LogP contribution >= 0.6 is 0 Å². The fourth-order valence-corrected chi connectivity index (χ4v) is 2.27. The molecular weight excluding hydrogens is 212 g/mol. The van der Waals surface area contributed by atoms with Gasteiger partial charge < -0.3 is 10.2 Å². The number of fused-ring (bicyclic) bond motifs is 1. The Morgan fingerprint density at radius 2 is 2.12 bits per heavy atom. The van der Waals surface area contributed by atoms with Gasteiger partial charge in [-0.15, -0.1) is 0 Å². The number of carbonyl (C=O) groups is 1. The standard InChI is InChI=1S/C14H20N2O/c1-4-7-13(17)16-10-14(2,3)15-11-8-5-6-9-12(11)16/h5-6,8-9,15H,4,7,10H2,1-3H3. The number of hydrogen-bond donors (Lipinski definition) is 1. The molecule has 1 N–H and O–H groups in total. The van der Waals surface area contributed by atoms with E-state index < -0.39 is 0 Å². The van der Waals surface area contributed by atoms with E-state index in [1.807, 2.05) is 36.1 Å². The zero-order valence-corrected chi connectivity index (χ0v) is 10.8. The van der Waals surface area contributed by atoms with Crippen molar-refractivity contribution in [3.63, 3.8) is 0 Å². The fourth-order valence-electron chi connectivity index (χ4n) is 2.27. The van der Waals surface area contributed by atoms with E-state index in [1.54, 1.807) is 0 Å². The van der Waals surface area contributed by atoms with Gasteiger partial charge in [0.25, 0.3) is 0 Å². The third-order valence-corrected chi connectivity index (χ3v) is 2.99. The molecule has 1 aromatic carbocycles. The van der Waals surface area contributed by atoms with Gasteiger partial charge in [-0.05, 0) is 32.4 Å². The highest BCUT2D eigenvalue weighted by Gasteiger charge is 2.31. The Balaban J connectivity index is 2.36. The lowest BCUT2D eigenvalue weighted by molar-refractivity contribution is -0.118. The SMILES string of the molecule is CCCC(=O)N1CC(C)(C)Nc2ccccc21. The molecule has 0 bridgehead atoms. The lowest BCUT2D eigenvalue weighted by Crippen LogP contribution is -2.50. The summed E-state index contributed by atoms with van der Waals surface area (Å²) in [6, 6.07) is 8.01. The number of carbonyl (C=O) groups excluding carboxylic acids is 1. The predicted octanol–water partition coefficient (Wildman–Crippen LogP) is 3.02. The highest BCUT2D eigenvalue weighted by molar-refractivity contribution is 5.98. The lowest BCUT2D eigenvalue weighted by Gasteiger charge is -2.41. The Morgan fingerprint density at radius 1 is 1.41 bits per heavy atom. The molecule has 17 heavy (non-hydrogen) atoms. The van der Waals surface area contributed by atoms with E-state index >= 15 is 0 Å². The summed E-state index contributed by atoms with van der Waals surface area (Å²) in [4.78, 5) is 14.1. The number of para-hydroxylation sites is 2. The molecule has 0 radical (unpaired) electrons. The van der Waals surface area contributed by atoms with Crippen LogP contribution in [0, 0.1) is 0 Å². The van der Waals surface area contributed by atoms with Crippen molar-refractivity contribution in [1.82, 2.24) is 0 Å². The van der Waals surface area contributed by atoms with Crippen LogP contribution in [0.5, 0.6) is 0 Å². The van der Waals surface area contributed by atoms with Crippen LogP contribution in [0.25, 0.3) is 0 Å². The van der Waals surface area contributed by atoms with Crippen molar-refractivity contribution >= 4 is 17.3 Å². The largest absolute Gasteiger partial charge is 0.377 e. The highest BCUT2D eigenvalue weighted by Crippen LogP contribution is 2.34. The van der Waals surface area contributed by atoms with Crippen LogP contribution in [-0.4, -0.2) is 18.0 Å². The van der Waals surface area contributed by atoms with E-state index in [1.165, 1.54) is 0 Å². The Hall–Kier alpha value is -1.51. The van der Waals surface area contributed by atoms with Crippen LogP contribution < -0.4 is 10.2 Å². The molecule has 1 aromatic rings. The van der Waals surface area contributed by atoms with Crippen molar-refractivity contribution in [3.8, 4) is 0 Å². The van der Waals surface area contributed by atoms with E-state index in [0.717, 1.165) is 24.3 Å². The lowest BCUT2D eigenvalue weighted by atomic mass is 9.99. The first-order valence-corrected chi connectivity index (χ1v) is 6.21. The number of rotatable bonds is 2. The molecule has 3 nitrogen and oxygen atoms in total. The van der Waals surface area contributed by atoms with Crippen molar-refractivity contribution < 1.29 is 4.79 Å². The maximum Gasteiger partial charge on any atom is 0.227 e. The van der Waals surface area contributed by atoms with E-state index in [-0.39, 0.29) is 11.4 Å². The third-order valence-electron chi connectivity index (χ3n) is 2.99. The maximum absolute atomic E-state index is 12.1. The van der Waals surface area contributed by atoms with E-state index in [9.17, 15) is 4.79 Å². The van der Waals surface area contributed by atoms with Gasteiger partial charge in [0.2, 0.25) is 5.91 Å². The molecule has 3 heteroatoms. The Kier molecular flexibility index (Phi) is 3.09. The van der Waals surface area contributed by atoms with Gasteiger partial charge in [-0.2, -0.15) is 0 Å². The predicted molar refractivity (Wildman–Crippen MR) is 71.4 cm³/mol. The molecule has 1 aliphatic heterocycles. The van der Waals surface area contributed by atoms with Crippen molar-refractivity contribution in [3.05, 3.63) is 24.3 Å². The molecule has 0 unspecified atom stereocenters. The molecule has 1 aliphatic rings. The smallest absolute Gasteiger partial charge is 0.227 e. The average molecular weight is 232 g/mol. The molecule has 1 heterocycles. The summed E-state index contributed by atoms with van der Waals surface area (Å²) < 4.78 is 0. The second kappa shape index (κ2) is 4.40. The molecular formula is C14H20N2O. The van der Waals surface area contributed by atoms with Crippen molar-refractivity contribution in [2.75, 3.05) is 16.8 Å². The summed E-state index contributed by atoms with van der Waals surface area (Å²) in [6.45, 7) is 7.00. The van der Waals surface area contributed by atoms with Crippen LogP contribution in [0.3, 0.4) is 0 Å². The number of hydrogen-bond acceptors (Lipinski definition) is 2. The quantitative estimate of drug-likeness (QED) is 0.850. The number of benzene rings is 1. The molecule has 0 aliphatic carbocycles. The molecule has 0 atom stereocenters. The van der Waals surface area contributed by atoms with Crippen LogP contribution in [0.2, 0.25) is 0 Å². The summed E-state index contributed by atoms with van der Waals surface area (Å²) in [7, 11) is 0. The zero-order valence-electron chi connectivity index (χ0n) is 10.8. The molecule has 0 saturated heterocycles. The molecule has 0 spiro atoms. The van der Waals surface area contributed by atoms with Gasteiger partial charge in [0.1, 0.15) is 0 Å². The number of anilines is 2. The normalized spacial score (nSPS) is 17.2. The number of nitrogens with zero attached hydrogens (tertiary/aromatic N) is 1. The number of amides is 1. The van der Waals surface area contributed by atoms with Crippen molar-refractivity contribution in [2.24, 2.45) is 0 Å². The maximum atomic E-state index is 12.1. The first-order valence-electron chi connectivity index (χ1n) is 6.21. The van der Waals surface area contributed by atoms with Gasteiger partial charge in [-0.1, -0.05) is 19.1 Å². The minimum absolute atomic E-state index is 0.0717. The van der Waals surface area contributed by atoms with E-state index in [2.05, 4.69) is 19.2 Å². The number of nitrogens with one attached hydrogen (secondary N) is 1. The van der Waals surface area contributed by atoms with Crippen molar-refractivity contribution in [1.29, 1.82) is 0 Å². The average Bonchev–Trinajstić information content (AvgIpc) is 2.27. The minimum Gasteiger partial charge on any atom is -0.377 e. The molecule has 0 fully saturated rings. The molecule has 1 amide bonds. The van der Waals surface area contributed by atoms with Gasteiger partial charge in [-0.25, -0.2) is 0 Å². The summed E-state index contributed by atoms with van der Waals surface area (Å²) in [5.41, 5.74) is 1.98. The minimum atomic E-state index is -0.0717. The summed E-state index contributed by atoms with van der Waals surface area (Å²) in [5, 5.41) is 3.47. The molecule has 0 saturated carbocycles. The van der Waals surface area contributed by atoms with Gasteiger partial charge in [0.15, 0.2) is 0 Å². The fraction of sp³-hybridized carbons (Fsp3) is 0.500. The van der Waals surface area contributed by atoms with Crippen LogP contribution in [0.4, 0.5) is 11.4 Å². The first kappa shape index (κ1) is 12.0. The summed E-state index contributed by atoms with van der Waals surface area (Å²) in [5.74, 6) is 0.217. The van der Waals surface area contributed by atoms with Gasteiger partial charge in [-0.3, -0.25) is 4.79 Å². The summed E-state index contributed by atoms with van der Waals surface area (Å²) >= 11 is 0. The van der Waals surface area contributed by atoms with Crippen LogP contribution in [0.1, 0.15) is 33.6 Å². The highest BCUT2D eigenvalue weighted by atomic mass is 16.2.